The SMILES string of the molecule is CCOc1cccc(C(NN)C2(OCC)CCCC2)c1. The molecule has 0 radical (unpaired) electrons. The summed E-state index contributed by atoms with van der Waals surface area (Å²) in [5, 5.41) is 0. The fraction of sp³-hybridized carbons (Fsp3) is 0.625. The maximum Gasteiger partial charge on any atom is 0.119 e. The number of hydrogen-bond acceptors (Lipinski definition) is 4. The molecule has 3 N–H and O–H groups in total. The molecule has 1 aliphatic carbocycles. The predicted octanol–water partition coefficient (Wildman–Crippen LogP) is 2.94. The number of hydrogen-bond donors (Lipinski definition) is 2. The third-order valence-corrected chi connectivity index (χ3v) is 4.08. The van der Waals surface area contributed by atoms with E-state index in [0.29, 0.717) is 13.2 Å². The molecule has 0 spiro atoms. The highest BCUT2D eigenvalue weighted by molar-refractivity contribution is 5.32. The first-order valence-electron chi connectivity index (χ1n) is 7.58. The Bertz CT molecular complexity index is 417. The van der Waals surface area contributed by atoms with Crippen molar-refractivity contribution in [2.75, 3.05) is 13.2 Å². The highest BCUT2D eigenvalue weighted by Gasteiger charge is 2.42. The minimum absolute atomic E-state index is 0.00496. The van der Waals surface area contributed by atoms with Crippen molar-refractivity contribution in [3.63, 3.8) is 0 Å². The smallest absolute Gasteiger partial charge is 0.119 e. The first kappa shape index (κ1) is 15.3. The van der Waals surface area contributed by atoms with Crippen molar-refractivity contribution in [2.45, 2.75) is 51.2 Å². The summed E-state index contributed by atoms with van der Waals surface area (Å²) >= 11 is 0. The van der Waals surface area contributed by atoms with Crippen molar-refractivity contribution >= 4 is 0 Å². The zero-order valence-electron chi connectivity index (χ0n) is 12.5. The van der Waals surface area contributed by atoms with Gasteiger partial charge in [0.2, 0.25) is 0 Å². The topological polar surface area (TPSA) is 56.5 Å². The molecule has 0 saturated heterocycles. The van der Waals surface area contributed by atoms with Crippen LogP contribution in [0.1, 0.15) is 51.1 Å². The van der Waals surface area contributed by atoms with E-state index in [9.17, 15) is 0 Å². The Labute approximate surface area is 121 Å². The maximum atomic E-state index is 6.11. The van der Waals surface area contributed by atoms with Crippen molar-refractivity contribution in [3.05, 3.63) is 29.8 Å². The summed E-state index contributed by atoms with van der Waals surface area (Å²) in [6.07, 6.45) is 4.50. The lowest BCUT2D eigenvalue weighted by Crippen LogP contribution is -2.46. The summed E-state index contributed by atoms with van der Waals surface area (Å²) in [5.41, 5.74) is 3.92. The molecule has 1 atom stereocenters. The second-order valence-electron chi connectivity index (χ2n) is 5.31. The van der Waals surface area contributed by atoms with Crippen LogP contribution in [0.15, 0.2) is 24.3 Å². The van der Waals surface area contributed by atoms with Gasteiger partial charge < -0.3 is 9.47 Å². The lowest BCUT2D eigenvalue weighted by molar-refractivity contribution is -0.0627. The van der Waals surface area contributed by atoms with Gasteiger partial charge in [0.25, 0.3) is 0 Å². The molecule has 0 aliphatic heterocycles. The van der Waals surface area contributed by atoms with E-state index in [-0.39, 0.29) is 11.6 Å². The Morgan fingerprint density at radius 2 is 2.00 bits per heavy atom. The second-order valence-corrected chi connectivity index (χ2v) is 5.31. The van der Waals surface area contributed by atoms with Crippen molar-refractivity contribution in [2.24, 2.45) is 5.84 Å². The van der Waals surface area contributed by atoms with Gasteiger partial charge >= 0.3 is 0 Å². The van der Waals surface area contributed by atoms with Crippen LogP contribution in [-0.2, 0) is 4.74 Å². The lowest BCUT2D eigenvalue weighted by atomic mass is 9.87. The van der Waals surface area contributed by atoms with E-state index in [1.807, 2.05) is 26.0 Å². The molecule has 0 bridgehead atoms. The first-order valence-corrected chi connectivity index (χ1v) is 7.58. The molecule has 1 saturated carbocycles. The van der Waals surface area contributed by atoms with Crippen LogP contribution in [0.25, 0.3) is 0 Å². The van der Waals surface area contributed by atoms with Gasteiger partial charge in [-0.25, -0.2) is 0 Å². The van der Waals surface area contributed by atoms with Gasteiger partial charge in [-0.2, -0.15) is 0 Å². The van der Waals surface area contributed by atoms with E-state index in [1.165, 1.54) is 12.8 Å². The van der Waals surface area contributed by atoms with Crippen LogP contribution in [0.5, 0.6) is 5.75 Å². The summed E-state index contributed by atoms with van der Waals surface area (Å²) in [6.45, 7) is 5.42. The highest BCUT2D eigenvalue weighted by atomic mass is 16.5. The van der Waals surface area contributed by atoms with Crippen LogP contribution in [-0.4, -0.2) is 18.8 Å². The zero-order valence-corrected chi connectivity index (χ0v) is 12.5. The van der Waals surface area contributed by atoms with Gasteiger partial charge in [-0.05, 0) is 44.4 Å². The van der Waals surface area contributed by atoms with Crippen LogP contribution in [0, 0.1) is 0 Å². The third kappa shape index (κ3) is 3.14. The van der Waals surface area contributed by atoms with E-state index < -0.39 is 0 Å². The van der Waals surface area contributed by atoms with Crippen molar-refractivity contribution in [3.8, 4) is 5.75 Å². The van der Waals surface area contributed by atoms with Gasteiger partial charge in [0, 0.05) is 6.61 Å². The number of hydrazine groups is 1. The van der Waals surface area contributed by atoms with Gasteiger partial charge in [-0.3, -0.25) is 11.3 Å². The molecule has 1 aliphatic rings. The average molecular weight is 278 g/mol. The third-order valence-electron chi connectivity index (χ3n) is 4.08. The number of ether oxygens (including phenoxy) is 2. The fourth-order valence-electron chi connectivity index (χ4n) is 3.28. The highest BCUT2D eigenvalue weighted by Crippen LogP contribution is 2.43. The van der Waals surface area contributed by atoms with E-state index >= 15 is 0 Å². The van der Waals surface area contributed by atoms with Gasteiger partial charge in [0.15, 0.2) is 0 Å². The number of rotatable bonds is 7. The van der Waals surface area contributed by atoms with E-state index in [2.05, 4.69) is 17.6 Å². The Balaban J connectivity index is 2.28. The molecular formula is C16H26N2O2. The molecule has 0 aromatic heterocycles. The summed E-state index contributed by atoms with van der Waals surface area (Å²) in [7, 11) is 0. The van der Waals surface area contributed by atoms with Crippen LogP contribution in [0.2, 0.25) is 0 Å². The predicted molar refractivity (Wildman–Crippen MR) is 80.5 cm³/mol. The standard InChI is InChI=1S/C16H26N2O2/c1-3-19-14-9-7-8-13(12-14)15(18-17)16(20-4-2)10-5-6-11-16/h7-9,12,15,18H,3-6,10-11,17H2,1-2H3. The van der Waals surface area contributed by atoms with E-state index in [4.69, 9.17) is 15.3 Å². The Morgan fingerprint density at radius 3 is 2.60 bits per heavy atom. The molecular weight excluding hydrogens is 252 g/mol. The Hall–Kier alpha value is -1.10. The van der Waals surface area contributed by atoms with Crippen molar-refractivity contribution in [1.82, 2.24) is 5.43 Å². The van der Waals surface area contributed by atoms with Crippen LogP contribution >= 0.6 is 0 Å². The molecule has 0 heterocycles. The molecule has 4 nitrogen and oxygen atoms in total. The Kier molecular flexibility index (Phi) is 5.40. The molecule has 1 aromatic rings. The number of nitrogens with two attached hydrogens (primary N) is 1. The van der Waals surface area contributed by atoms with Crippen LogP contribution in [0.4, 0.5) is 0 Å². The molecule has 1 aromatic carbocycles. The minimum atomic E-state index is -0.186. The molecule has 112 valence electrons. The fourth-order valence-corrected chi connectivity index (χ4v) is 3.28. The molecule has 0 amide bonds. The van der Waals surface area contributed by atoms with Crippen molar-refractivity contribution in [1.29, 1.82) is 0 Å². The summed E-state index contributed by atoms with van der Waals surface area (Å²) in [5.74, 6) is 6.74. The van der Waals surface area contributed by atoms with Crippen molar-refractivity contribution < 1.29 is 9.47 Å². The van der Waals surface area contributed by atoms with E-state index in [0.717, 1.165) is 24.2 Å². The monoisotopic (exact) mass is 278 g/mol. The Morgan fingerprint density at radius 1 is 1.25 bits per heavy atom. The number of benzene rings is 1. The molecule has 2 rings (SSSR count). The molecule has 1 unspecified atom stereocenters. The van der Waals surface area contributed by atoms with Gasteiger partial charge in [-0.1, -0.05) is 25.0 Å². The molecule has 20 heavy (non-hydrogen) atoms. The van der Waals surface area contributed by atoms with Crippen LogP contribution in [0.3, 0.4) is 0 Å². The summed E-state index contributed by atoms with van der Waals surface area (Å²) in [6, 6.07) is 8.14. The zero-order chi connectivity index (χ0) is 14.4. The van der Waals surface area contributed by atoms with Gasteiger partial charge in [-0.15, -0.1) is 0 Å². The normalized spacial score (nSPS) is 18.9. The second kappa shape index (κ2) is 7.07. The molecule has 4 heteroatoms. The average Bonchev–Trinajstić information content (AvgIpc) is 2.90. The largest absolute Gasteiger partial charge is 0.494 e. The first-order chi connectivity index (χ1) is 9.75. The molecule has 1 fully saturated rings. The maximum absolute atomic E-state index is 6.11. The van der Waals surface area contributed by atoms with Gasteiger partial charge in [0.05, 0.1) is 18.2 Å². The van der Waals surface area contributed by atoms with E-state index in [1.54, 1.807) is 0 Å². The number of nitrogens with one attached hydrogen (secondary N) is 1. The summed E-state index contributed by atoms with van der Waals surface area (Å²) in [4.78, 5) is 0. The summed E-state index contributed by atoms with van der Waals surface area (Å²) < 4.78 is 11.7. The van der Waals surface area contributed by atoms with Crippen LogP contribution < -0.4 is 16.0 Å². The minimum Gasteiger partial charge on any atom is -0.494 e. The van der Waals surface area contributed by atoms with Gasteiger partial charge in [0.1, 0.15) is 5.75 Å². The lowest BCUT2D eigenvalue weighted by Gasteiger charge is -2.37. The quantitative estimate of drug-likeness (QED) is 0.595.